The molecular weight excluding hydrogens is 256 g/mol. The third kappa shape index (κ3) is 3.92. The summed E-state index contributed by atoms with van der Waals surface area (Å²) in [5.41, 5.74) is 11.6. The highest BCUT2D eigenvalue weighted by Gasteiger charge is 2.18. The van der Waals surface area contributed by atoms with E-state index in [-0.39, 0.29) is 5.41 Å². The molecular formula is C19H26N2. The molecule has 1 aromatic carbocycles. The van der Waals surface area contributed by atoms with E-state index in [0.717, 1.165) is 6.42 Å². The molecule has 2 N–H and O–H groups in total. The second kappa shape index (κ2) is 6.40. The molecule has 1 heterocycles. The van der Waals surface area contributed by atoms with E-state index in [4.69, 9.17) is 5.73 Å². The molecule has 0 saturated heterocycles. The summed E-state index contributed by atoms with van der Waals surface area (Å²) in [5.74, 6) is 0.356. The van der Waals surface area contributed by atoms with Gasteiger partial charge in [0, 0.05) is 18.3 Å². The second-order valence-electron chi connectivity index (χ2n) is 6.81. The molecule has 0 bridgehead atoms. The minimum Gasteiger partial charge on any atom is -0.330 e. The molecule has 0 radical (unpaired) electrons. The fourth-order valence-corrected chi connectivity index (χ4v) is 2.67. The summed E-state index contributed by atoms with van der Waals surface area (Å²) in [5, 5.41) is 0. The minimum absolute atomic E-state index is 0.165. The van der Waals surface area contributed by atoms with E-state index in [1.165, 1.54) is 22.3 Å². The van der Waals surface area contributed by atoms with Crippen LogP contribution in [0, 0.1) is 6.92 Å². The van der Waals surface area contributed by atoms with Crippen molar-refractivity contribution < 1.29 is 0 Å². The van der Waals surface area contributed by atoms with Gasteiger partial charge in [-0.25, -0.2) is 0 Å². The van der Waals surface area contributed by atoms with Gasteiger partial charge in [-0.3, -0.25) is 4.98 Å². The van der Waals surface area contributed by atoms with Gasteiger partial charge in [-0.1, -0.05) is 39.0 Å². The predicted molar refractivity (Wildman–Crippen MR) is 89.6 cm³/mol. The molecule has 0 aliphatic carbocycles. The molecule has 1 unspecified atom stereocenters. The Hall–Kier alpha value is -1.67. The number of hydrogen-bond acceptors (Lipinski definition) is 2. The van der Waals surface area contributed by atoms with Gasteiger partial charge in [0.15, 0.2) is 0 Å². The lowest BCUT2D eigenvalue weighted by molar-refractivity contribution is 0.586. The Labute approximate surface area is 128 Å². The summed E-state index contributed by atoms with van der Waals surface area (Å²) >= 11 is 0. The fraction of sp³-hybridized carbons (Fsp3) is 0.421. The monoisotopic (exact) mass is 282 g/mol. The maximum atomic E-state index is 6.07. The van der Waals surface area contributed by atoms with E-state index in [0.29, 0.717) is 12.5 Å². The number of rotatable bonds is 4. The lowest BCUT2D eigenvalue weighted by atomic mass is 9.82. The van der Waals surface area contributed by atoms with Gasteiger partial charge in [-0.15, -0.1) is 0 Å². The summed E-state index contributed by atoms with van der Waals surface area (Å²) in [6, 6.07) is 11.0. The summed E-state index contributed by atoms with van der Waals surface area (Å²) < 4.78 is 0. The first-order valence-corrected chi connectivity index (χ1v) is 7.62. The number of hydrogen-bond donors (Lipinski definition) is 1. The van der Waals surface area contributed by atoms with Crippen LogP contribution in [0.5, 0.6) is 0 Å². The number of nitrogens with zero attached hydrogens (tertiary/aromatic N) is 1. The quantitative estimate of drug-likeness (QED) is 0.921. The molecule has 0 aliphatic rings. The van der Waals surface area contributed by atoms with Gasteiger partial charge in [0.25, 0.3) is 0 Å². The maximum absolute atomic E-state index is 6.07. The van der Waals surface area contributed by atoms with Crippen molar-refractivity contribution in [3.63, 3.8) is 0 Å². The van der Waals surface area contributed by atoms with Gasteiger partial charge in [0.1, 0.15) is 0 Å². The first-order valence-electron chi connectivity index (χ1n) is 7.62. The van der Waals surface area contributed by atoms with Gasteiger partial charge in [-0.05, 0) is 59.7 Å². The van der Waals surface area contributed by atoms with Crippen LogP contribution >= 0.6 is 0 Å². The van der Waals surface area contributed by atoms with Crippen molar-refractivity contribution in [3.05, 3.63) is 65.0 Å². The SMILES string of the molecule is Cc1ccc(C(C)(C)C)cc1C(CN)Cc1ccncc1. The van der Waals surface area contributed by atoms with Crippen LogP contribution in [0.15, 0.2) is 42.7 Å². The molecule has 0 aliphatic heterocycles. The molecule has 2 heteroatoms. The largest absolute Gasteiger partial charge is 0.330 e. The molecule has 2 aromatic rings. The summed E-state index contributed by atoms with van der Waals surface area (Å²) in [6.07, 6.45) is 4.66. The highest BCUT2D eigenvalue weighted by atomic mass is 14.6. The topological polar surface area (TPSA) is 38.9 Å². The van der Waals surface area contributed by atoms with Crippen molar-refractivity contribution in [2.45, 2.75) is 45.4 Å². The Morgan fingerprint density at radius 1 is 1.10 bits per heavy atom. The molecule has 1 aromatic heterocycles. The van der Waals surface area contributed by atoms with Crippen LogP contribution in [0.1, 0.15) is 48.9 Å². The Morgan fingerprint density at radius 2 is 1.76 bits per heavy atom. The number of nitrogens with two attached hydrogens (primary N) is 1. The Balaban J connectivity index is 2.33. The van der Waals surface area contributed by atoms with Crippen molar-refractivity contribution in [1.82, 2.24) is 4.98 Å². The average molecular weight is 282 g/mol. The third-order valence-corrected chi connectivity index (χ3v) is 4.10. The van der Waals surface area contributed by atoms with Crippen LogP contribution in [0.2, 0.25) is 0 Å². The van der Waals surface area contributed by atoms with Crippen LogP contribution in [0.25, 0.3) is 0 Å². The van der Waals surface area contributed by atoms with Gasteiger partial charge in [0.2, 0.25) is 0 Å². The number of pyridine rings is 1. The van der Waals surface area contributed by atoms with Crippen LogP contribution < -0.4 is 5.73 Å². The van der Waals surface area contributed by atoms with Crippen molar-refractivity contribution in [2.75, 3.05) is 6.54 Å². The summed E-state index contributed by atoms with van der Waals surface area (Å²) in [7, 11) is 0. The van der Waals surface area contributed by atoms with Crippen molar-refractivity contribution >= 4 is 0 Å². The minimum atomic E-state index is 0.165. The van der Waals surface area contributed by atoms with Crippen LogP contribution in [0.4, 0.5) is 0 Å². The molecule has 0 fully saturated rings. The van der Waals surface area contributed by atoms with Crippen molar-refractivity contribution in [3.8, 4) is 0 Å². The Kier molecular flexibility index (Phi) is 4.79. The second-order valence-corrected chi connectivity index (χ2v) is 6.81. The highest BCUT2D eigenvalue weighted by molar-refractivity contribution is 5.37. The van der Waals surface area contributed by atoms with E-state index >= 15 is 0 Å². The standard InChI is InChI=1S/C19H26N2/c1-14-5-6-17(19(2,3)4)12-18(14)16(13-20)11-15-7-9-21-10-8-15/h5-10,12,16H,11,13,20H2,1-4H3. The van der Waals surface area contributed by atoms with E-state index in [1.54, 1.807) is 0 Å². The van der Waals surface area contributed by atoms with Crippen molar-refractivity contribution in [2.24, 2.45) is 5.73 Å². The van der Waals surface area contributed by atoms with Crippen LogP contribution in [-0.4, -0.2) is 11.5 Å². The normalized spacial score (nSPS) is 13.2. The van der Waals surface area contributed by atoms with Crippen LogP contribution in [0.3, 0.4) is 0 Å². The van der Waals surface area contributed by atoms with E-state index in [2.05, 4.69) is 63.0 Å². The molecule has 112 valence electrons. The van der Waals surface area contributed by atoms with E-state index in [9.17, 15) is 0 Å². The molecule has 0 amide bonds. The summed E-state index contributed by atoms with van der Waals surface area (Å²) in [4.78, 5) is 4.08. The lowest BCUT2D eigenvalue weighted by Crippen LogP contribution is -2.18. The van der Waals surface area contributed by atoms with Crippen LogP contribution in [-0.2, 0) is 11.8 Å². The fourth-order valence-electron chi connectivity index (χ4n) is 2.67. The molecule has 0 spiro atoms. The van der Waals surface area contributed by atoms with E-state index < -0.39 is 0 Å². The molecule has 2 rings (SSSR count). The summed E-state index contributed by atoms with van der Waals surface area (Å²) in [6.45, 7) is 9.60. The van der Waals surface area contributed by atoms with Gasteiger partial charge >= 0.3 is 0 Å². The highest BCUT2D eigenvalue weighted by Crippen LogP contribution is 2.29. The van der Waals surface area contributed by atoms with E-state index in [1.807, 2.05) is 12.4 Å². The van der Waals surface area contributed by atoms with Gasteiger partial charge < -0.3 is 5.73 Å². The Bertz CT molecular complexity index is 582. The third-order valence-electron chi connectivity index (χ3n) is 4.10. The first-order chi connectivity index (χ1) is 9.91. The zero-order valence-electron chi connectivity index (χ0n) is 13.6. The molecule has 1 atom stereocenters. The van der Waals surface area contributed by atoms with Gasteiger partial charge in [0.05, 0.1) is 0 Å². The number of aryl methyl sites for hydroxylation is 1. The average Bonchev–Trinajstić information content (AvgIpc) is 2.45. The Morgan fingerprint density at radius 3 is 2.33 bits per heavy atom. The lowest BCUT2D eigenvalue weighted by Gasteiger charge is -2.24. The number of benzene rings is 1. The van der Waals surface area contributed by atoms with Crippen molar-refractivity contribution in [1.29, 1.82) is 0 Å². The predicted octanol–water partition coefficient (Wildman–Crippen LogP) is 3.97. The maximum Gasteiger partial charge on any atom is 0.0270 e. The molecule has 0 saturated carbocycles. The zero-order valence-corrected chi connectivity index (χ0v) is 13.6. The smallest absolute Gasteiger partial charge is 0.0270 e. The zero-order chi connectivity index (χ0) is 15.5. The number of aromatic nitrogens is 1. The first kappa shape index (κ1) is 15.7. The molecule has 2 nitrogen and oxygen atoms in total. The van der Waals surface area contributed by atoms with Gasteiger partial charge in [-0.2, -0.15) is 0 Å². The molecule has 21 heavy (non-hydrogen) atoms.